The van der Waals surface area contributed by atoms with Crippen LogP contribution in [-0.2, 0) is 9.53 Å². The molecule has 1 heterocycles. The molecule has 98 valence electrons. The summed E-state index contributed by atoms with van der Waals surface area (Å²) in [7, 11) is 1.71. The average Bonchev–Trinajstić information content (AvgIpc) is 2.87. The Hall–Kier alpha value is -0.650. The topological polar surface area (TPSA) is 75.8 Å². The molecule has 0 aromatic rings. The van der Waals surface area contributed by atoms with Gasteiger partial charge in [-0.2, -0.15) is 0 Å². The van der Waals surface area contributed by atoms with E-state index in [1.807, 2.05) is 0 Å². The quantitative estimate of drug-likeness (QED) is 0.722. The fraction of sp³-hybridized carbons (Fsp3) is 0.917. The molecule has 1 aliphatic heterocycles. The van der Waals surface area contributed by atoms with Gasteiger partial charge in [-0.05, 0) is 19.3 Å². The monoisotopic (exact) mass is 242 g/mol. The van der Waals surface area contributed by atoms with E-state index < -0.39 is 11.1 Å². The first-order valence-corrected chi connectivity index (χ1v) is 6.30. The fourth-order valence-corrected chi connectivity index (χ4v) is 2.83. The minimum atomic E-state index is -0.885. The predicted octanol–water partition coefficient (Wildman–Crippen LogP) is -0.132. The van der Waals surface area contributed by atoms with Crippen LogP contribution in [0.5, 0.6) is 0 Å². The van der Waals surface area contributed by atoms with Crippen LogP contribution in [-0.4, -0.2) is 53.9 Å². The zero-order valence-electron chi connectivity index (χ0n) is 10.4. The Bertz CT molecular complexity index is 294. The number of nitrogens with zero attached hydrogens (tertiary/aromatic N) is 1. The predicted molar refractivity (Wildman–Crippen MR) is 63.4 cm³/mol. The highest BCUT2D eigenvalue weighted by molar-refractivity contribution is 5.86. The lowest BCUT2D eigenvalue weighted by Crippen LogP contribution is -2.57. The van der Waals surface area contributed by atoms with E-state index in [0.29, 0.717) is 19.6 Å². The molecule has 1 saturated carbocycles. The van der Waals surface area contributed by atoms with Crippen molar-refractivity contribution < 1.29 is 14.6 Å². The molecule has 0 spiro atoms. The lowest BCUT2D eigenvalue weighted by Gasteiger charge is -2.33. The minimum absolute atomic E-state index is 0.115. The maximum absolute atomic E-state index is 12.2. The molecule has 5 heteroatoms. The highest BCUT2D eigenvalue weighted by atomic mass is 16.5. The number of likely N-dealkylation sites (N-methyl/N-ethyl adjacent to an activating group) is 1. The molecule has 0 aromatic carbocycles. The van der Waals surface area contributed by atoms with Gasteiger partial charge in [0.15, 0.2) is 0 Å². The Balaban J connectivity index is 1.95. The van der Waals surface area contributed by atoms with E-state index >= 15 is 0 Å². The molecular formula is C12H22N2O3. The van der Waals surface area contributed by atoms with Crippen molar-refractivity contribution in [2.24, 2.45) is 5.73 Å². The number of rotatable bonds is 3. The number of carbonyl (C=O) groups is 1. The summed E-state index contributed by atoms with van der Waals surface area (Å²) >= 11 is 0. The molecule has 1 saturated heterocycles. The summed E-state index contributed by atoms with van der Waals surface area (Å²) in [5.74, 6) is -0.115. The summed E-state index contributed by atoms with van der Waals surface area (Å²) < 4.78 is 5.19. The first kappa shape index (κ1) is 12.8. The van der Waals surface area contributed by atoms with E-state index in [2.05, 4.69) is 0 Å². The van der Waals surface area contributed by atoms with E-state index in [0.717, 1.165) is 25.7 Å². The summed E-state index contributed by atoms with van der Waals surface area (Å²) in [6.07, 6.45) is 4.19. The second-order valence-electron chi connectivity index (χ2n) is 5.55. The molecule has 0 aromatic heterocycles. The molecule has 2 aliphatic rings. The number of ether oxygens (including phenoxy) is 1. The summed E-state index contributed by atoms with van der Waals surface area (Å²) in [4.78, 5) is 13.8. The van der Waals surface area contributed by atoms with Crippen molar-refractivity contribution in [3.05, 3.63) is 0 Å². The van der Waals surface area contributed by atoms with Crippen molar-refractivity contribution in [3.63, 3.8) is 0 Å². The molecule has 1 atom stereocenters. The normalized spacial score (nSPS) is 31.7. The standard InChI is InChI=1S/C12H22N2O3/c1-14(8-11(16)4-2-3-5-11)10(15)12(13)6-7-17-9-12/h16H,2-9,13H2,1H3. The Morgan fingerprint density at radius 1 is 1.41 bits per heavy atom. The van der Waals surface area contributed by atoms with E-state index in [-0.39, 0.29) is 12.5 Å². The molecule has 1 aliphatic carbocycles. The number of carbonyl (C=O) groups excluding carboxylic acids is 1. The third kappa shape index (κ3) is 2.61. The zero-order valence-corrected chi connectivity index (χ0v) is 10.4. The second-order valence-corrected chi connectivity index (χ2v) is 5.55. The molecule has 3 N–H and O–H groups in total. The van der Waals surface area contributed by atoms with Crippen LogP contribution in [0.15, 0.2) is 0 Å². The van der Waals surface area contributed by atoms with Gasteiger partial charge in [0, 0.05) is 20.2 Å². The smallest absolute Gasteiger partial charge is 0.244 e. The average molecular weight is 242 g/mol. The molecule has 1 unspecified atom stereocenters. The largest absolute Gasteiger partial charge is 0.388 e. The molecule has 0 bridgehead atoms. The zero-order chi connectivity index (χ0) is 12.5. The summed E-state index contributed by atoms with van der Waals surface area (Å²) in [6.45, 7) is 1.21. The first-order chi connectivity index (χ1) is 7.95. The second kappa shape index (κ2) is 4.55. The summed E-state index contributed by atoms with van der Waals surface area (Å²) in [6, 6.07) is 0. The van der Waals surface area contributed by atoms with Crippen molar-refractivity contribution in [1.29, 1.82) is 0 Å². The van der Waals surface area contributed by atoms with Gasteiger partial charge < -0.3 is 20.5 Å². The highest BCUT2D eigenvalue weighted by Gasteiger charge is 2.42. The van der Waals surface area contributed by atoms with Gasteiger partial charge in [0.25, 0.3) is 0 Å². The van der Waals surface area contributed by atoms with Crippen LogP contribution in [0.4, 0.5) is 0 Å². The van der Waals surface area contributed by atoms with Gasteiger partial charge in [-0.15, -0.1) is 0 Å². The van der Waals surface area contributed by atoms with Crippen LogP contribution in [0.3, 0.4) is 0 Å². The maximum Gasteiger partial charge on any atom is 0.244 e. The third-order valence-electron chi connectivity index (χ3n) is 3.89. The van der Waals surface area contributed by atoms with E-state index in [9.17, 15) is 9.90 Å². The van der Waals surface area contributed by atoms with Crippen molar-refractivity contribution in [3.8, 4) is 0 Å². The van der Waals surface area contributed by atoms with Crippen molar-refractivity contribution in [2.75, 3.05) is 26.8 Å². The Kier molecular flexibility index (Phi) is 3.43. The van der Waals surface area contributed by atoms with Crippen molar-refractivity contribution in [1.82, 2.24) is 4.90 Å². The SMILES string of the molecule is CN(CC1(O)CCCC1)C(=O)C1(N)CCOC1. The first-order valence-electron chi connectivity index (χ1n) is 6.30. The van der Waals surface area contributed by atoms with Gasteiger partial charge in [-0.25, -0.2) is 0 Å². The van der Waals surface area contributed by atoms with E-state index in [4.69, 9.17) is 10.5 Å². The minimum Gasteiger partial charge on any atom is -0.388 e. The molecule has 2 rings (SSSR count). The van der Waals surface area contributed by atoms with E-state index in [1.54, 1.807) is 11.9 Å². The van der Waals surface area contributed by atoms with Crippen molar-refractivity contribution >= 4 is 5.91 Å². The Morgan fingerprint density at radius 3 is 2.59 bits per heavy atom. The van der Waals surface area contributed by atoms with Crippen LogP contribution in [0.25, 0.3) is 0 Å². The number of nitrogens with two attached hydrogens (primary N) is 1. The lowest BCUT2D eigenvalue weighted by atomic mass is 9.96. The van der Waals surface area contributed by atoms with E-state index in [1.165, 1.54) is 0 Å². The van der Waals surface area contributed by atoms with Crippen molar-refractivity contribution in [2.45, 2.75) is 43.2 Å². The van der Waals surface area contributed by atoms with Crippen LogP contribution >= 0.6 is 0 Å². The fourth-order valence-electron chi connectivity index (χ4n) is 2.83. The van der Waals surface area contributed by atoms with Crippen LogP contribution in [0.1, 0.15) is 32.1 Å². The number of amides is 1. The molecular weight excluding hydrogens is 220 g/mol. The summed E-state index contributed by atoms with van der Waals surface area (Å²) in [5.41, 5.74) is 4.43. The van der Waals surface area contributed by atoms with Gasteiger partial charge in [0.1, 0.15) is 5.54 Å². The number of hydrogen-bond acceptors (Lipinski definition) is 4. The molecule has 17 heavy (non-hydrogen) atoms. The van der Waals surface area contributed by atoms with Crippen LogP contribution in [0, 0.1) is 0 Å². The number of hydrogen-bond donors (Lipinski definition) is 2. The highest BCUT2D eigenvalue weighted by Crippen LogP contribution is 2.30. The van der Waals surface area contributed by atoms with Gasteiger partial charge in [-0.1, -0.05) is 12.8 Å². The number of aliphatic hydroxyl groups is 1. The van der Waals surface area contributed by atoms with Crippen LogP contribution in [0.2, 0.25) is 0 Å². The third-order valence-corrected chi connectivity index (χ3v) is 3.89. The Morgan fingerprint density at radius 2 is 2.06 bits per heavy atom. The lowest BCUT2D eigenvalue weighted by molar-refractivity contribution is -0.138. The molecule has 1 amide bonds. The summed E-state index contributed by atoms with van der Waals surface area (Å²) in [5, 5.41) is 10.3. The molecule has 2 fully saturated rings. The van der Waals surface area contributed by atoms with Crippen LogP contribution < -0.4 is 5.73 Å². The van der Waals surface area contributed by atoms with Gasteiger partial charge >= 0.3 is 0 Å². The molecule has 5 nitrogen and oxygen atoms in total. The van der Waals surface area contributed by atoms with Gasteiger partial charge in [0.2, 0.25) is 5.91 Å². The van der Waals surface area contributed by atoms with Gasteiger partial charge in [0.05, 0.1) is 12.2 Å². The molecule has 0 radical (unpaired) electrons. The Labute approximate surface area is 102 Å². The maximum atomic E-state index is 12.2. The van der Waals surface area contributed by atoms with Gasteiger partial charge in [-0.3, -0.25) is 4.79 Å².